The molecule has 0 heterocycles. The summed E-state index contributed by atoms with van der Waals surface area (Å²) in [4.78, 5) is 23.1. The number of carboxylic acids is 1. The van der Waals surface area contributed by atoms with Gasteiger partial charge >= 0.3 is 5.97 Å². The van der Waals surface area contributed by atoms with E-state index in [4.69, 9.17) is 9.84 Å². The van der Waals surface area contributed by atoms with Crippen molar-refractivity contribution in [2.45, 2.75) is 6.92 Å². The van der Waals surface area contributed by atoms with E-state index >= 15 is 0 Å². The molecule has 0 spiro atoms. The van der Waals surface area contributed by atoms with E-state index in [0.717, 1.165) is 18.2 Å². The smallest absolute Gasteiger partial charge is 0.335 e. The Morgan fingerprint density at radius 2 is 1.95 bits per heavy atom. The van der Waals surface area contributed by atoms with Gasteiger partial charge in [-0.3, -0.25) is 4.79 Å². The molecule has 0 radical (unpaired) electrons. The van der Waals surface area contributed by atoms with Crippen molar-refractivity contribution < 1.29 is 23.8 Å². The van der Waals surface area contributed by atoms with Crippen LogP contribution >= 0.6 is 0 Å². The number of hydrogen-bond acceptors (Lipinski definition) is 3. The minimum atomic E-state index is -1.20. The third-order valence-electron chi connectivity index (χ3n) is 2.89. The quantitative estimate of drug-likeness (QED) is 0.889. The zero-order valence-corrected chi connectivity index (χ0v) is 11.8. The highest BCUT2D eigenvalue weighted by Gasteiger charge is 2.15. The number of para-hydroxylation sites is 1. The maximum Gasteiger partial charge on any atom is 0.335 e. The molecule has 0 aliphatic carbocycles. The first-order chi connectivity index (χ1) is 10.5. The Labute approximate surface area is 126 Å². The highest BCUT2D eigenvalue weighted by Crippen LogP contribution is 2.22. The molecule has 6 heteroatoms. The molecule has 0 saturated heterocycles. The number of rotatable bonds is 5. The average molecular weight is 303 g/mol. The van der Waals surface area contributed by atoms with Gasteiger partial charge in [0, 0.05) is 0 Å². The molecular weight excluding hydrogens is 289 g/mol. The van der Waals surface area contributed by atoms with Crippen molar-refractivity contribution in [3.8, 4) is 5.75 Å². The monoisotopic (exact) mass is 303 g/mol. The molecule has 0 saturated carbocycles. The molecular formula is C16H14FNO4. The molecule has 114 valence electrons. The van der Waals surface area contributed by atoms with E-state index in [1.165, 1.54) is 0 Å². The van der Waals surface area contributed by atoms with Crippen LogP contribution in [0, 0.1) is 5.82 Å². The van der Waals surface area contributed by atoms with Gasteiger partial charge < -0.3 is 15.2 Å². The number of carbonyl (C=O) groups is 2. The molecule has 0 unspecified atom stereocenters. The lowest BCUT2D eigenvalue weighted by Gasteiger charge is -2.11. The largest absolute Gasteiger partial charge is 0.493 e. The fourth-order valence-electron chi connectivity index (χ4n) is 1.88. The van der Waals surface area contributed by atoms with Crippen LogP contribution in [0.4, 0.5) is 10.1 Å². The molecule has 0 aliphatic heterocycles. The third-order valence-corrected chi connectivity index (χ3v) is 2.89. The van der Waals surface area contributed by atoms with Gasteiger partial charge in [0.25, 0.3) is 5.91 Å². The maximum absolute atomic E-state index is 13.7. The first-order valence-electron chi connectivity index (χ1n) is 6.59. The number of carbonyl (C=O) groups excluding carboxylic acids is 1. The topological polar surface area (TPSA) is 75.6 Å². The Kier molecular flexibility index (Phi) is 4.73. The second kappa shape index (κ2) is 6.71. The highest BCUT2D eigenvalue weighted by molar-refractivity contribution is 6.06. The zero-order chi connectivity index (χ0) is 16.1. The lowest BCUT2D eigenvalue weighted by atomic mass is 10.1. The lowest BCUT2D eigenvalue weighted by molar-refractivity contribution is 0.0696. The second-order valence-electron chi connectivity index (χ2n) is 4.38. The molecule has 2 aromatic rings. The molecule has 22 heavy (non-hydrogen) atoms. The van der Waals surface area contributed by atoms with Crippen molar-refractivity contribution >= 4 is 17.6 Å². The van der Waals surface area contributed by atoms with Crippen molar-refractivity contribution in [1.82, 2.24) is 0 Å². The van der Waals surface area contributed by atoms with Crippen LogP contribution in [0.2, 0.25) is 0 Å². The van der Waals surface area contributed by atoms with E-state index in [-0.39, 0.29) is 16.8 Å². The molecule has 0 aromatic heterocycles. The van der Waals surface area contributed by atoms with E-state index in [1.54, 1.807) is 31.2 Å². The van der Waals surface area contributed by atoms with Crippen LogP contribution in [0.15, 0.2) is 42.5 Å². The van der Waals surface area contributed by atoms with E-state index in [2.05, 4.69) is 5.32 Å². The molecule has 1 amide bonds. The molecule has 2 N–H and O–H groups in total. The summed E-state index contributed by atoms with van der Waals surface area (Å²) in [7, 11) is 0. The Morgan fingerprint density at radius 1 is 1.23 bits per heavy atom. The summed E-state index contributed by atoms with van der Waals surface area (Å²) < 4.78 is 19.1. The number of ether oxygens (including phenoxy) is 1. The molecule has 2 aromatic carbocycles. The number of benzene rings is 2. The zero-order valence-electron chi connectivity index (χ0n) is 11.8. The Hall–Kier alpha value is -2.89. The van der Waals surface area contributed by atoms with Gasteiger partial charge in [-0.2, -0.15) is 0 Å². The summed E-state index contributed by atoms with van der Waals surface area (Å²) in [5.74, 6) is -2.12. The number of halogens is 1. The average Bonchev–Trinajstić information content (AvgIpc) is 2.50. The van der Waals surface area contributed by atoms with Crippen LogP contribution in [0.1, 0.15) is 27.6 Å². The predicted molar refractivity (Wildman–Crippen MR) is 78.9 cm³/mol. The minimum absolute atomic E-state index is 0.116. The van der Waals surface area contributed by atoms with Gasteiger partial charge in [-0.1, -0.05) is 12.1 Å². The Bertz CT molecular complexity index is 715. The molecule has 0 aliphatic rings. The molecule has 0 atom stereocenters. The fraction of sp³-hybridized carbons (Fsp3) is 0.125. The van der Waals surface area contributed by atoms with E-state index in [1.807, 2.05) is 0 Å². The number of amides is 1. The van der Waals surface area contributed by atoms with Crippen molar-refractivity contribution in [2.24, 2.45) is 0 Å². The van der Waals surface area contributed by atoms with E-state index in [9.17, 15) is 14.0 Å². The van der Waals surface area contributed by atoms with Crippen molar-refractivity contribution in [1.29, 1.82) is 0 Å². The van der Waals surface area contributed by atoms with Gasteiger partial charge in [0.2, 0.25) is 0 Å². The van der Waals surface area contributed by atoms with Crippen LogP contribution in [0.3, 0.4) is 0 Å². The van der Waals surface area contributed by atoms with Gasteiger partial charge in [-0.25, -0.2) is 9.18 Å². The Morgan fingerprint density at radius 3 is 2.64 bits per heavy atom. The standard InChI is InChI=1S/C16H14FNO4/c1-2-22-14-6-4-3-5-11(14)15(19)18-13-9-10(16(20)21)7-8-12(13)17/h3-9H,2H2,1H3,(H,18,19)(H,20,21). The van der Waals surface area contributed by atoms with Crippen LogP contribution in [0.25, 0.3) is 0 Å². The lowest BCUT2D eigenvalue weighted by Crippen LogP contribution is -2.15. The van der Waals surface area contributed by atoms with Gasteiger partial charge in [0.05, 0.1) is 23.4 Å². The van der Waals surface area contributed by atoms with Crippen molar-refractivity contribution in [2.75, 3.05) is 11.9 Å². The normalized spacial score (nSPS) is 10.1. The summed E-state index contributed by atoms with van der Waals surface area (Å²) in [5, 5.41) is 11.3. The SMILES string of the molecule is CCOc1ccccc1C(=O)Nc1cc(C(=O)O)ccc1F. The summed E-state index contributed by atoms with van der Waals surface area (Å²) in [6, 6.07) is 9.73. The summed E-state index contributed by atoms with van der Waals surface area (Å²) in [6.07, 6.45) is 0. The first-order valence-corrected chi connectivity index (χ1v) is 6.59. The summed E-state index contributed by atoms with van der Waals surface area (Å²) >= 11 is 0. The van der Waals surface area contributed by atoms with Crippen LogP contribution < -0.4 is 10.1 Å². The maximum atomic E-state index is 13.7. The molecule has 2 rings (SSSR count). The predicted octanol–water partition coefficient (Wildman–Crippen LogP) is 3.17. The van der Waals surface area contributed by atoms with Crippen molar-refractivity contribution in [3.05, 3.63) is 59.4 Å². The fourth-order valence-corrected chi connectivity index (χ4v) is 1.88. The highest BCUT2D eigenvalue weighted by atomic mass is 19.1. The van der Waals surface area contributed by atoms with E-state index < -0.39 is 17.7 Å². The summed E-state index contributed by atoms with van der Waals surface area (Å²) in [6.45, 7) is 2.16. The summed E-state index contributed by atoms with van der Waals surface area (Å²) in [5.41, 5.74) is -0.0736. The Balaban J connectivity index is 2.29. The van der Waals surface area contributed by atoms with Gasteiger partial charge in [-0.15, -0.1) is 0 Å². The van der Waals surface area contributed by atoms with Crippen LogP contribution in [-0.2, 0) is 0 Å². The van der Waals surface area contributed by atoms with Crippen LogP contribution in [0.5, 0.6) is 5.75 Å². The molecule has 0 bridgehead atoms. The van der Waals surface area contributed by atoms with Gasteiger partial charge in [-0.05, 0) is 37.3 Å². The van der Waals surface area contributed by atoms with E-state index in [0.29, 0.717) is 12.4 Å². The number of hydrogen-bond donors (Lipinski definition) is 2. The molecule has 5 nitrogen and oxygen atoms in total. The van der Waals surface area contributed by atoms with Gasteiger partial charge in [0.1, 0.15) is 11.6 Å². The second-order valence-corrected chi connectivity index (χ2v) is 4.38. The van der Waals surface area contributed by atoms with Crippen LogP contribution in [-0.4, -0.2) is 23.6 Å². The number of anilines is 1. The number of carboxylic acid groups (broad SMARTS) is 1. The number of nitrogens with one attached hydrogen (secondary N) is 1. The minimum Gasteiger partial charge on any atom is -0.493 e. The molecule has 0 fully saturated rings. The first kappa shape index (κ1) is 15.5. The van der Waals surface area contributed by atoms with Gasteiger partial charge in [0.15, 0.2) is 0 Å². The number of aromatic carboxylic acids is 1. The van der Waals surface area contributed by atoms with Crippen molar-refractivity contribution in [3.63, 3.8) is 0 Å². The third kappa shape index (κ3) is 3.41.